The van der Waals surface area contributed by atoms with E-state index in [9.17, 15) is 0 Å². The van der Waals surface area contributed by atoms with Crippen LogP contribution in [0.4, 0.5) is 11.4 Å². The van der Waals surface area contributed by atoms with Crippen molar-refractivity contribution >= 4 is 78.5 Å². The van der Waals surface area contributed by atoms with Crippen molar-refractivity contribution in [3.8, 4) is 0 Å². The number of pyridine rings is 2. The number of hydrogen-bond donors (Lipinski definition) is 2. The average molecular weight is 535 g/mol. The number of thioether (sulfide) groups is 2. The summed E-state index contributed by atoms with van der Waals surface area (Å²) in [4.78, 5) is 12.3. The first-order valence-electron chi connectivity index (χ1n) is 13.1. The van der Waals surface area contributed by atoms with E-state index in [-0.39, 0.29) is 0 Å². The molecule has 190 valence electrons. The van der Waals surface area contributed by atoms with Gasteiger partial charge in [-0.1, -0.05) is 73.5 Å². The third-order valence-corrected chi connectivity index (χ3v) is 9.36. The largest absolute Gasteiger partial charge is 0.397 e. The molecule has 0 fully saturated rings. The lowest BCUT2D eigenvalue weighted by Crippen LogP contribution is -1.94. The molecule has 0 aliphatic heterocycles. The van der Waals surface area contributed by atoms with Crippen LogP contribution in [0.5, 0.6) is 0 Å². The van der Waals surface area contributed by atoms with E-state index in [1.807, 2.05) is 59.9 Å². The summed E-state index contributed by atoms with van der Waals surface area (Å²) in [6, 6.07) is 29.0. The number of para-hydroxylation sites is 4. The zero-order chi connectivity index (χ0) is 25.9. The summed E-state index contributed by atoms with van der Waals surface area (Å²) >= 11 is 3.87. The molecule has 38 heavy (non-hydrogen) atoms. The van der Waals surface area contributed by atoms with Crippen molar-refractivity contribution in [1.29, 1.82) is 0 Å². The molecule has 0 atom stereocenters. The van der Waals surface area contributed by atoms with Crippen LogP contribution in [0.2, 0.25) is 0 Å². The second-order valence-electron chi connectivity index (χ2n) is 9.51. The smallest absolute Gasteiger partial charge is 0.0950 e. The molecule has 0 amide bonds. The number of nitrogen functional groups attached to an aromatic ring is 2. The number of fused-ring (bicyclic) bond motifs is 4. The molecule has 0 aliphatic carbocycles. The van der Waals surface area contributed by atoms with Crippen molar-refractivity contribution in [3.05, 3.63) is 84.9 Å². The van der Waals surface area contributed by atoms with Crippen molar-refractivity contribution in [1.82, 2.24) is 9.97 Å². The zero-order valence-corrected chi connectivity index (χ0v) is 22.8. The molecule has 6 aromatic rings. The summed E-state index contributed by atoms with van der Waals surface area (Å²) in [7, 11) is 0. The van der Waals surface area contributed by atoms with E-state index in [0.717, 1.165) is 55.7 Å². The Hall–Kier alpha value is -3.48. The Balaban J connectivity index is 1.07. The van der Waals surface area contributed by atoms with Gasteiger partial charge in [-0.25, -0.2) is 9.97 Å². The molecular formula is C32H30N4S2. The van der Waals surface area contributed by atoms with Gasteiger partial charge in [0.2, 0.25) is 0 Å². The molecule has 6 rings (SSSR count). The van der Waals surface area contributed by atoms with Crippen LogP contribution in [0.15, 0.2) is 94.7 Å². The maximum absolute atomic E-state index is 6.27. The Morgan fingerprint density at radius 1 is 0.474 bits per heavy atom. The molecule has 2 aromatic heterocycles. The fourth-order valence-corrected chi connectivity index (χ4v) is 7.42. The van der Waals surface area contributed by atoms with Crippen LogP contribution in [-0.4, -0.2) is 21.5 Å². The number of nitrogens with zero attached hydrogens (tertiary/aromatic N) is 2. The van der Waals surface area contributed by atoms with Gasteiger partial charge in [-0.3, -0.25) is 0 Å². The number of unbranched alkanes of at least 4 members (excludes halogenated alkanes) is 3. The standard InChI is InChI=1S/C32H30N4S2/c33-25-15-9-13-23-29(25)35-27-17-5-3-11-21(27)31(23)37-19-7-1-2-8-20-38-32-22-12-4-6-18-28(22)36-30-24(32)14-10-16-26(30)34/h3-6,9-18H,1-2,7-8,19-20,33-34H2. The summed E-state index contributed by atoms with van der Waals surface area (Å²) in [5.41, 5.74) is 17.8. The average Bonchev–Trinajstić information content (AvgIpc) is 2.94. The normalized spacial score (nSPS) is 11.7. The molecular weight excluding hydrogens is 505 g/mol. The number of nitrogens with two attached hydrogens (primary N) is 2. The Morgan fingerprint density at radius 3 is 1.37 bits per heavy atom. The highest BCUT2D eigenvalue weighted by Crippen LogP contribution is 2.38. The highest BCUT2D eigenvalue weighted by atomic mass is 32.2. The van der Waals surface area contributed by atoms with Crippen LogP contribution in [-0.2, 0) is 0 Å². The van der Waals surface area contributed by atoms with Crippen molar-refractivity contribution in [2.45, 2.75) is 35.5 Å². The summed E-state index contributed by atoms with van der Waals surface area (Å²) in [6.07, 6.45) is 4.82. The van der Waals surface area contributed by atoms with Crippen LogP contribution in [0.25, 0.3) is 43.6 Å². The first-order chi connectivity index (χ1) is 18.7. The molecule has 0 saturated carbocycles. The number of rotatable bonds is 9. The SMILES string of the molecule is Nc1cccc2c(SCCCCCCSc3c4ccccc4nc4c(N)cccc34)c3ccccc3nc12. The molecule has 0 unspecified atom stereocenters. The van der Waals surface area contributed by atoms with Gasteiger partial charge in [-0.15, -0.1) is 23.5 Å². The topological polar surface area (TPSA) is 77.8 Å². The minimum absolute atomic E-state index is 0.741. The van der Waals surface area contributed by atoms with E-state index in [1.54, 1.807) is 0 Å². The third kappa shape index (κ3) is 4.86. The Kier molecular flexibility index (Phi) is 7.25. The maximum atomic E-state index is 6.27. The van der Waals surface area contributed by atoms with Crippen LogP contribution < -0.4 is 11.5 Å². The molecule has 0 spiro atoms. The van der Waals surface area contributed by atoms with Crippen molar-refractivity contribution in [2.75, 3.05) is 23.0 Å². The third-order valence-electron chi connectivity index (χ3n) is 6.92. The van der Waals surface area contributed by atoms with Gasteiger partial charge < -0.3 is 11.5 Å². The first kappa shape index (κ1) is 24.8. The minimum Gasteiger partial charge on any atom is -0.397 e. The van der Waals surface area contributed by atoms with E-state index < -0.39 is 0 Å². The van der Waals surface area contributed by atoms with Gasteiger partial charge in [0, 0.05) is 31.3 Å². The lowest BCUT2D eigenvalue weighted by atomic mass is 10.1. The van der Waals surface area contributed by atoms with Gasteiger partial charge in [-0.05, 0) is 48.6 Å². The summed E-state index contributed by atoms with van der Waals surface area (Å²) in [5, 5.41) is 4.74. The Morgan fingerprint density at radius 2 is 0.895 bits per heavy atom. The molecule has 0 aliphatic rings. The summed E-state index contributed by atoms with van der Waals surface area (Å²) in [5.74, 6) is 2.17. The minimum atomic E-state index is 0.741. The molecule has 6 heteroatoms. The quantitative estimate of drug-likeness (QED) is 0.0836. The highest BCUT2D eigenvalue weighted by Gasteiger charge is 2.12. The van der Waals surface area contributed by atoms with Crippen LogP contribution in [0.3, 0.4) is 0 Å². The predicted octanol–water partition coefficient (Wildman–Crippen LogP) is 8.70. The van der Waals surface area contributed by atoms with Crippen LogP contribution >= 0.6 is 23.5 Å². The van der Waals surface area contributed by atoms with Crippen molar-refractivity contribution in [2.24, 2.45) is 0 Å². The summed E-state index contributed by atoms with van der Waals surface area (Å²) < 4.78 is 0. The Bertz CT molecular complexity index is 1640. The van der Waals surface area contributed by atoms with E-state index in [0.29, 0.717) is 0 Å². The van der Waals surface area contributed by atoms with Gasteiger partial charge in [-0.2, -0.15) is 0 Å². The monoisotopic (exact) mass is 534 g/mol. The molecule has 0 radical (unpaired) electrons. The van der Waals surface area contributed by atoms with Crippen LogP contribution in [0.1, 0.15) is 25.7 Å². The lowest BCUT2D eigenvalue weighted by Gasteiger charge is -2.12. The number of benzene rings is 4. The number of aromatic nitrogens is 2. The van der Waals surface area contributed by atoms with Crippen LogP contribution in [0, 0.1) is 0 Å². The van der Waals surface area contributed by atoms with Gasteiger partial charge >= 0.3 is 0 Å². The number of hydrogen-bond acceptors (Lipinski definition) is 6. The van der Waals surface area contributed by atoms with Gasteiger partial charge in [0.05, 0.1) is 33.4 Å². The van der Waals surface area contributed by atoms with Gasteiger partial charge in [0.15, 0.2) is 0 Å². The second kappa shape index (κ2) is 11.1. The van der Waals surface area contributed by atoms with Gasteiger partial charge in [0.1, 0.15) is 0 Å². The van der Waals surface area contributed by atoms with Gasteiger partial charge in [0.25, 0.3) is 0 Å². The molecule has 2 heterocycles. The highest BCUT2D eigenvalue weighted by molar-refractivity contribution is 8.00. The predicted molar refractivity (Wildman–Crippen MR) is 167 cm³/mol. The van der Waals surface area contributed by atoms with E-state index in [2.05, 4.69) is 48.5 Å². The van der Waals surface area contributed by atoms with E-state index in [4.69, 9.17) is 21.4 Å². The summed E-state index contributed by atoms with van der Waals surface area (Å²) in [6.45, 7) is 0. The van der Waals surface area contributed by atoms with E-state index in [1.165, 1.54) is 46.2 Å². The van der Waals surface area contributed by atoms with Crippen molar-refractivity contribution < 1.29 is 0 Å². The zero-order valence-electron chi connectivity index (χ0n) is 21.2. The Labute approximate surface area is 231 Å². The molecule has 4 nitrogen and oxygen atoms in total. The first-order valence-corrected chi connectivity index (χ1v) is 15.1. The lowest BCUT2D eigenvalue weighted by molar-refractivity contribution is 0.711. The fraction of sp³-hybridized carbons (Fsp3) is 0.188. The van der Waals surface area contributed by atoms with Crippen molar-refractivity contribution in [3.63, 3.8) is 0 Å². The maximum Gasteiger partial charge on any atom is 0.0950 e. The number of anilines is 2. The molecule has 4 N–H and O–H groups in total. The fourth-order valence-electron chi connectivity index (χ4n) is 5.01. The second-order valence-corrected chi connectivity index (χ2v) is 11.7. The molecule has 0 bridgehead atoms. The molecule has 0 saturated heterocycles. The molecule has 4 aromatic carbocycles. The van der Waals surface area contributed by atoms with E-state index >= 15 is 0 Å².